The van der Waals surface area contributed by atoms with Gasteiger partial charge in [0.2, 0.25) is 15.9 Å². The lowest BCUT2D eigenvalue weighted by Gasteiger charge is -2.36. The second kappa shape index (κ2) is 12.0. The minimum Gasteiger partial charge on any atom is -0.352 e. The van der Waals surface area contributed by atoms with Crippen LogP contribution in [0.1, 0.15) is 54.7 Å². The SMILES string of the molecule is O=C(N[C@@H]1CCc2cc(F)ccc2C1Cc1ccccc1)[C@H]1CC[C@@H](CNS(=O)(=O)c2ccccc2F)CC1. The van der Waals surface area contributed by atoms with Crippen molar-refractivity contribution in [2.45, 2.75) is 61.8 Å². The molecule has 8 heteroatoms. The third kappa shape index (κ3) is 6.56. The maximum Gasteiger partial charge on any atom is 0.243 e. The molecule has 0 spiro atoms. The molecule has 5 nitrogen and oxygen atoms in total. The first kappa shape index (κ1) is 27.5. The molecule has 2 aliphatic carbocycles. The molecule has 2 N–H and O–H groups in total. The summed E-state index contributed by atoms with van der Waals surface area (Å²) >= 11 is 0. The van der Waals surface area contributed by atoms with Crippen molar-refractivity contribution in [3.63, 3.8) is 0 Å². The Bertz CT molecular complexity index is 1410. The van der Waals surface area contributed by atoms with Gasteiger partial charge >= 0.3 is 0 Å². The van der Waals surface area contributed by atoms with E-state index in [9.17, 15) is 22.0 Å². The number of rotatable bonds is 8. The van der Waals surface area contributed by atoms with Gasteiger partial charge in [0.1, 0.15) is 16.5 Å². The third-order valence-corrected chi connectivity index (χ3v) is 9.70. The van der Waals surface area contributed by atoms with Crippen LogP contribution >= 0.6 is 0 Å². The molecule has 3 aromatic rings. The Hall–Kier alpha value is -3.10. The number of carbonyl (C=O) groups excluding carboxylic acids is 1. The molecule has 5 rings (SSSR count). The van der Waals surface area contributed by atoms with Gasteiger partial charge < -0.3 is 5.32 Å². The molecule has 0 heterocycles. The maximum absolute atomic E-state index is 14.0. The number of halogens is 2. The van der Waals surface area contributed by atoms with E-state index in [1.54, 1.807) is 6.07 Å². The van der Waals surface area contributed by atoms with Gasteiger partial charge in [-0.3, -0.25) is 4.79 Å². The summed E-state index contributed by atoms with van der Waals surface area (Å²) in [4.78, 5) is 13.0. The van der Waals surface area contributed by atoms with Crippen LogP contribution in [0.15, 0.2) is 77.7 Å². The fourth-order valence-electron chi connectivity index (χ4n) is 6.07. The zero-order chi connectivity index (χ0) is 27.4. The van der Waals surface area contributed by atoms with Crippen molar-refractivity contribution in [1.29, 1.82) is 0 Å². The summed E-state index contributed by atoms with van der Waals surface area (Å²) in [5.41, 5.74) is 3.29. The Morgan fingerprint density at radius 3 is 2.33 bits per heavy atom. The average molecular weight is 553 g/mol. The zero-order valence-corrected chi connectivity index (χ0v) is 22.6. The second-order valence-electron chi connectivity index (χ2n) is 10.8. The summed E-state index contributed by atoms with van der Waals surface area (Å²) in [6, 6.07) is 20.4. The number of sulfonamides is 1. The topological polar surface area (TPSA) is 75.3 Å². The number of benzene rings is 3. The molecule has 0 saturated heterocycles. The quantitative estimate of drug-likeness (QED) is 0.387. The molecule has 3 aromatic carbocycles. The first-order valence-corrected chi connectivity index (χ1v) is 15.2. The number of hydrogen-bond donors (Lipinski definition) is 2. The van der Waals surface area contributed by atoms with Gasteiger partial charge in [0.25, 0.3) is 0 Å². The van der Waals surface area contributed by atoms with Crippen LogP contribution in [0.25, 0.3) is 0 Å². The lowest BCUT2D eigenvalue weighted by molar-refractivity contribution is -0.127. The summed E-state index contributed by atoms with van der Waals surface area (Å²) in [6.07, 6.45) is 5.03. The highest BCUT2D eigenvalue weighted by Crippen LogP contribution is 2.36. The smallest absolute Gasteiger partial charge is 0.243 e. The first-order valence-electron chi connectivity index (χ1n) is 13.7. The highest BCUT2D eigenvalue weighted by atomic mass is 32.2. The lowest BCUT2D eigenvalue weighted by atomic mass is 9.75. The van der Waals surface area contributed by atoms with Crippen molar-refractivity contribution < 1.29 is 22.0 Å². The van der Waals surface area contributed by atoms with Crippen molar-refractivity contribution in [1.82, 2.24) is 10.0 Å². The van der Waals surface area contributed by atoms with Crippen molar-refractivity contribution in [2.75, 3.05) is 6.54 Å². The van der Waals surface area contributed by atoms with Gasteiger partial charge in [-0.25, -0.2) is 21.9 Å². The molecular formula is C31H34F2N2O3S. The molecule has 39 heavy (non-hydrogen) atoms. The number of amides is 1. The Morgan fingerprint density at radius 2 is 1.59 bits per heavy atom. The molecule has 1 amide bonds. The molecule has 2 atom stereocenters. The van der Waals surface area contributed by atoms with Crippen molar-refractivity contribution >= 4 is 15.9 Å². The summed E-state index contributed by atoms with van der Waals surface area (Å²) < 4.78 is 55.5. The molecule has 0 bridgehead atoms. The van der Waals surface area contributed by atoms with E-state index in [0.717, 1.165) is 49.3 Å². The van der Waals surface area contributed by atoms with Gasteiger partial charge in [-0.1, -0.05) is 48.5 Å². The average Bonchev–Trinajstić information content (AvgIpc) is 2.94. The lowest BCUT2D eigenvalue weighted by Crippen LogP contribution is -2.46. The van der Waals surface area contributed by atoms with E-state index in [-0.39, 0.29) is 47.0 Å². The molecule has 1 unspecified atom stereocenters. The van der Waals surface area contributed by atoms with Gasteiger partial charge in [0.05, 0.1) is 0 Å². The van der Waals surface area contributed by atoms with Crippen LogP contribution in [0.4, 0.5) is 8.78 Å². The monoisotopic (exact) mass is 552 g/mol. The van der Waals surface area contributed by atoms with Crippen molar-refractivity contribution in [3.8, 4) is 0 Å². The van der Waals surface area contributed by atoms with Crippen LogP contribution in [-0.2, 0) is 27.7 Å². The molecule has 0 radical (unpaired) electrons. The predicted octanol–water partition coefficient (Wildman–Crippen LogP) is 5.51. The predicted molar refractivity (Wildman–Crippen MR) is 147 cm³/mol. The van der Waals surface area contributed by atoms with Gasteiger partial charge in [-0.05, 0) is 91.8 Å². The van der Waals surface area contributed by atoms with E-state index in [1.807, 2.05) is 24.3 Å². The normalized spacial score (nSPS) is 23.1. The number of carbonyl (C=O) groups is 1. The largest absolute Gasteiger partial charge is 0.352 e. The summed E-state index contributed by atoms with van der Waals surface area (Å²) in [5, 5.41) is 3.33. The van der Waals surface area contributed by atoms with Gasteiger partial charge in [0.15, 0.2) is 0 Å². The second-order valence-corrected chi connectivity index (χ2v) is 12.5. The Balaban J connectivity index is 1.19. The summed E-state index contributed by atoms with van der Waals surface area (Å²) in [7, 11) is -3.93. The van der Waals surface area contributed by atoms with Crippen LogP contribution in [0.2, 0.25) is 0 Å². The molecular weight excluding hydrogens is 518 g/mol. The highest BCUT2D eigenvalue weighted by molar-refractivity contribution is 7.89. The molecule has 206 valence electrons. The minimum atomic E-state index is -3.93. The Kier molecular flexibility index (Phi) is 8.43. The van der Waals surface area contributed by atoms with E-state index in [0.29, 0.717) is 12.8 Å². The van der Waals surface area contributed by atoms with Crippen LogP contribution in [0.3, 0.4) is 0 Å². The van der Waals surface area contributed by atoms with E-state index < -0.39 is 15.8 Å². The molecule has 0 aromatic heterocycles. The molecule has 2 aliphatic rings. The van der Waals surface area contributed by atoms with Crippen LogP contribution in [-0.4, -0.2) is 26.9 Å². The maximum atomic E-state index is 14.0. The van der Waals surface area contributed by atoms with Gasteiger partial charge in [-0.2, -0.15) is 0 Å². The van der Waals surface area contributed by atoms with E-state index in [1.165, 1.54) is 29.8 Å². The highest BCUT2D eigenvalue weighted by Gasteiger charge is 2.34. The number of aryl methyl sites for hydroxylation is 1. The molecule has 0 aliphatic heterocycles. The summed E-state index contributed by atoms with van der Waals surface area (Å²) in [6.45, 7) is 0.222. The fourth-order valence-corrected chi connectivity index (χ4v) is 7.26. The van der Waals surface area contributed by atoms with Gasteiger partial charge in [-0.15, -0.1) is 0 Å². The van der Waals surface area contributed by atoms with Crippen LogP contribution in [0.5, 0.6) is 0 Å². The zero-order valence-electron chi connectivity index (χ0n) is 21.8. The van der Waals surface area contributed by atoms with E-state index >= 15 is 0 Å². The number of hydrogen-bond acceptors (Lipinski definition) is 3. The van der Waals surface area contributed by atoms with Gasteiger partial charge in [0, 0.05) is 24.4 Å². The van der Waals surface area contributed by atoms with Crippen molar-refractivity contribution in [2.24, 2.45) is 11.8 Å². The molecule has 1 saturated carbocycles. The van der Waals surface area contributed by atoms with E-state index in [2.05, 4.69) is 22.2 Å². The Morgan fingerprint density at radius 1 is 0.872 bits per heavy atom. The summed E-state index contributed by atoms with van der Waals surface area (Å²) in [5.74, 6) is -0.942. The minimum absolute atomic E-state index is 0.0361. The fraction of sp³-hybridized carbons (Fsp3) is 0.387. The molecule has 1 fully saturated rings. The van der Waals surface area contributed by atoms with E-state index in [4.69, 9.17) is 0 Å². The Labute approximate surface area is 229 Å². The van der Waals surface area contributed by atoms with Crippen molar-refractivity contribution in [3.05, 3.63) is 101 Å². The standard InChI is InChI=1S/C31H34F2N2O3S/c32-25-15-16-26-24(19-25)14-17-29(27(26)18-21-6-2-1-3-7-21)35-31(36)23-12-10-22(11-13-23)20-34-39(37,38)30-9-5-4-8-28(30)33/h1-9,15-16,19,22-23,27,29,34H,10-14,17-18,20H2,(H,35,36)/t22-,23+,27?,29-/m1/s1. The van der Waals surface area contributed by atoms with Crippen LogP contribution in [0, 0.1) is 23.5 Å². The third-order valence-electron chi connectivity index (χ3n) is 8.25. The number of fused-ring (bicyclic) bond motifs is 1. The van der Waals surface area contributed by atoms with Crippen LogP contribution < -0.4 is 10.0 Å². The first-order chi connectivity index (χ1) is 18.8. The number of nitrogens with one attached hydrogen (secondary N) is 2.